The van der Waals surface area contributed by atoms with Gasteiger partial charge in [-0.15, -0.1) is 0 Å². The van der Waals surface area contributed by atoms with E-state index in [2.05, 4.69) is 20.8 Å². The van der Waals surface area contributed by atoms with Crippen molar-refractivity contribution in [2.24, 2.45) is 10.8 Å². The molecule has 0 bridgehead atoms. The van der Waals surface area contributed by atoms with Crippen molar-refractivity contribution >= 4 is 5.97 Å². The van der Waals surface area contributed by atoms with Gasteiger partial charge in [0.2, 0.25) is 0 Å². The minimum atomic E-state index is -0.417. The zero-order valence-corrected chi connectivity index (χ0v) is 32.8. The third-order valence-corrected chi connectivity index (χ3v) is 10.5. The maximum absolute atomic E-state index is 13.0. The smallest absolute Gasteiger partial charge is 0.343 e. The van der Waals surface area contributed by atoms with Crippen LogP contribution in [-0.2, 0) is 30.4 Å². The molecular formula is C46H54O10. The summed E-state index contributed by atoms with van der Waals surface area (Å²) in [6.45, 7) is 14.1. The van der Waals surface area contributed by atoms with Gasteiger partial charge in [0.25, 0.3) is 0 Å². The van der Waals surface area contributed by atoms with Crippen molar-refractivity contribution < 1.29 is 47.7 Å². The second kappa shape index (κ2) is 18.7. The Morgan fingerprint density at radius 2 is 1.11 bits per heavy atom. The topological polar surface area (TPSA) is 100 Å². The first-order valence-corrected chi connectivity index (χ1v) is 19.8. The quantitative estimate of drug-likeness (QED) is 0.0253. The van der Waals surface area contributed by atoms with Crippen LogP contribution >= 0.6 is 0 Å². The molecule has 7 rings (SSSR count). The molecule has 0 amide bonds. The molecule has 0 radical (unpaired) electrons. The summed E-state index contributed by atoms with van der Waals surface area (Å²) < 4.78 is 39.7. The summed E-state index contributed by atoms with van der Waals surface area (Å²) >= 11 is 0. The fraction of sp³-hybridized carbons (Fsp3) is 0.457. The van der Waals surface area contributed by atoms with E-state index in [4.69, 9.17) is 42.9 Å². The molecule has 0 aromatic heterocycles. The van der Waals surface area contributed by atoms with Crippen LogP contribution in [0.1, 0.15) is 79.4 Å². The van der Waals surface area contributed by atoms with Crippen molar-refractivity contribution in [1.82, 2.24) is 0 Å². The number of esters is 1. The van der Waals surface area contributed by atoms with Crippen LogP contribution in [-0.4, -0.2) is 72.0 Å². The fourth-order valence-electron chi connectivity index (χ4n) is 6.97. The van der Waals surface area contributed by atoms with Crippen LogP contribution in [0.3, 0.4) is 0 Å². The van der Waals surface area contributed by atoms with E-state index in [-0.39, 0.29) is 16.7 Å². The minimum Gasteiger partial charge on any atom is -0.494 e. The number of unbranched alkanes of at least 4 members (excludes halogenated alkanes) is 2. The molecule has 1 unspecified atom stereocenters. The number of ether oxygens (including phenoxy) is 7. The zero-order valence-electron chi connectivity index (χ0n) is 32.8. The van der Waals surface area contributed by atoms with Gasteiger partial charge in [0.1, 0.15) is 23.9 Å². The van der Waals surface area contributed by atoms with E-state index < -0.39 is 5.97 Å². The zero-order chi connectivity index (χ0) is 38.8. The van der Waals surface area contributed by atoms with Crippen LogP contribution in [0.2, 0.25) is 0 Å². The van der Waals surface area contributed by atoms with E-state index in [9.17, 15) is 4.79 Å². The van der Waals surface area contributed by atoms with Gasteiger partial charge in [-0.3, -0.25) is 0 Å². The van der Waals surface area contributed by atoms with E-state index in [1.807, 2.05) is 60.7 Å². The average Bonchev–Trinajstić information content (AvgIpc) is 3.46. The number of carbonyl (C=O) groups is 1. The molecule has 0 saturated carbocycles. The predicted molar refractivity (Wildman–Crippen MR) is 212 cm³/mol. The fourth-order valence-corrected chi connectivity index (χ4v) is 6.97. The Hall–Kier alpha value is -4.45. The number of carbonyl (C=O) groups excluding carboxylic acids is 1. The average molecular weight is 767 g/mol. The van der Waals surface area contributed by atoms with Crippen LogP contribution in [0.25, 0.3) is 11.1 Å². The van der Waals surface area contributed by atoms with Gasteiger partial charge in [-0.1, -0.05) is 45.0 Å². The second-order valence-corrected chi connectivity index (χ2v) is 15.9. The summed E-state index contributed by atoms with van der Waals surface area (Å²) in [6.07, 6.45) is 3.72. The van der Waals surface area contributed by atoms with E-state index in [1.165, 1.54) is 0 Å². The van der Waals surface area contributed by atoms with E-state index in [0.717, 1.165) is 105 Å². The first kappa shape index (κ1) is 39.8. The Morgan fingerprint density at radius 3 is 1.64 bits per heavy atom. The Labute approximate surface area is 330 Å². The van der Waals surface area contributed by atoms with Gasteiger partial charge in [0, 0.05) is 30.0 Å². The van der Waals surface area contributed by atoms with Crippen molar-refractivity contribution in [1.29, 1.82) is 0 Å². The summed E-state index contributed by atoms with van der Waals surface area (Å²) in [5.41, 5.74) is 6.26. The molecule has 10 heteroatoms. The molecule has 10 nitrogen and oxygen atoms in total. The molecule has 0 N–H and O–H groups in total. The molecule has 4 aromatic rings. The lowest BCUT2D eigenvalue weighted by atomic mass is 9.90. The molecule has 3 aliphatic rings. The standard InChI is InChI=1S/C46H54O10/c1-33-42-24-38(55-44(47)35-10-14-37(15-11-35)53-23-7-5-21-49-28-46(3)31-51-32-46)16-18-40(42)41-19-17-39(25-43(33)41)56-54-26-34-8-12-36(13-9-34)52-22-6-4-20-48-27-45(2)29-50-30-45/h8-19,24-25,33H,4-7,20-23,26-32H2,1-3H3. The minimum absolute atomic E-state index is 0.0804. The van der Waals surface area contributed by atoms with E-state index >= 15 is 0 Å². The van der Waals surface area contributed by atoms with Gasteiger partial charge >= 0.3 is 5.97 Å². The van der Waals surface area contributed by atoms with Crippen LogP contribution in [0.4, 0.5) is 0 Å². The lowest BCUT2D eigenvalue weighted by molar-refractivity contribution is -0.217. The highest BCUT2D eigenvalue weighted by atomic mass is 17.2. The summed E-state index contributed by atoms with van der Waals surface area (Å²) in [6, 6.07) is 26.7. The maximum atomic E-state index is 13.0. The molecule has 2 aliphatic heterocycles. The third kappa shape index (κ3) is 10.5. The van der Waals surface area contributed by atoms with Gasteiger partial charge < -0.3 is 38.0 Å². The van der Waals surface area contributed by atoms with Gasteiger partial charge in [0.15, 0.2) is 5.75 Å². The molecular weight excluding hydrogens is 712 g/mol. The Kier molecular flexibility index (Phi) is 13.3. The molecule has 298 valence electrons. The highest BCUT2D eigenvalue weighted by molar-refractivity contribution is 5.91. The first-order chi connectivity index (χ1) is 27.3. The monoisotopic (exact) mass is 766 g/mol. The molecule has 2 heterocycles. The number of hydrogen-bond donors (Lipinski definition) is 0. The number of rotatable bonds is 22. The molecule has 1 atom stereocenters. The highest BCUT2D eigenvalue weighted by Gasteiger charge is 2.34. The lowest BCUT2D eigenvalue weighted by Crippen LogP contribution is -2.43. The molecule has 4 aromatic carbocycles. The summed E-state index contributed by atoms with van der Waals surface area (Å²) in [5, 5.41) is 0. The van der Waals surface area contributed by atoms with E-state index in [1.54, 1.807) is 24.3 Å². The number of benzene rings is 4. The first-order valence-electron chi connectivity index (χ1n) is 19.8. The van der Waals surface area contributed by atoms with Crippen molar-refractivity contribution in [3.63, 3.8) is 0 Å². The molecule has 1 aliphatic carbocycles. The van der Waals surface area contributed by atoms with Crippen molar-refractivity contribution in [2.75, 3.05) is 66.1 Å². The summed E-state index contributed by atoms with van der Waals surface area (Å²) in [4.78, 5) is 24.4. The van der Waals surface area contributed by atoms with Crippen LogP contribution in [0, 0.1) is 10.8 Å². The largest absolute Gasteiger partial charge is 0.494 e. The van der Waals surface area contributed by atoms with Gasteiger partial charge in [-0.25, -0.2) is 4.79 Å². The number of hydrogen-bond acceptors (Lipinski definition) is 10. The Balaban J connectivity index is 0.804. The Bertz CT molecular complexity index is 1880. The molecule has 0 spiro atoms. The van der Waals surface area contributed by atoms with E-state index in [0.29, 0.717) is 49.2 Å². The van der Waals surface area contributed by atoms with Crippen LogP contribution in [0.15, 0.2) is 84.9 Å². The van der Waals surface area contributed by atoms with Crippen molar-refractivity contribution in [3.05, 3.63) is 107 Å². The number of fused-ring (bicyclic) bond motifs is 3. The SMILES string of the molecule is CC1c2cc(OOCc3ccc(OCCCCOCC4(C)COC4)cc3)ccc2-c2ccc(OC(=O)c3ccc(OCCCCOCC4(C)COC4)cc3)cc21. The lowest BCUT2D eigenvalue weighted by Gasteiger charge is -2.37. The third-order valence-electron chi connectivity index (χ3n) is 10.5. The molecule has 56 heavy (non-hydrogen) atoms. The molecule has 2 fully saturated rings. The maximum Gasteiger partial charge on any atom is 0.343 e. The predicted octanol–water partition coefficient (Wildman–Crippen LogP) is 8.97. The van der Waals surface area contributed by atoms with Gasteiger partial charge in [0.05, 0.1) is 58.4 Å². The molecule has 2 saturated heterocycles. The second-order valence-electron chi connectivity index (χ2n) is 15.9. The van der Waals surface area contributed by atoms with Gasteiger partial charge in [-0.05, 0) is 114 Å². The van der Waals surface area contributed by atoms with Gasteiger partial charge in [-0.2, -0.15) is 4.89 Å². The summed E-state index contributed by atoms with van der Waals surface area (Å²) in [5.74, 6) is 2.33. The Morgan fingerprint density at radius 1 is 0.625 bits per heavy atom. The summed E-state index contributed by atoms with van der Waals surface area (Å²) in [7, 11) is 0. The van der Waals surface area contributed by atoms with Crippen LogP contribution < -0.4 is 19.1 Å². The highest BCUT2D eigenvalue weighted by Crippen LogP contribution is 2.47. The van der Waals surface area contributed by atoms with Crippen molar-refractivity contribution in [2.45, 2.75) is 59.0 Å². The van der Waals surface area contributed by atoms with Crippen LogP contribution in [0.5, 0.6) is 23.0 Å². The normalized spacial score (nSPS) is 17.2. The van der Waals surface area contributed by atoms with Crippen molar-refractivity contribution in [3.8, 4) is 34.1 Å².